The van der Waals surface area contributed by atoms with E-state index in [1.807, 2.05) is 60.7 Å². The molecule has 3 nitrogen and oxygen atoms in total. The van der Waals surface area contributed by atoms with Crippen molar-refractivity contribution in [2.75, 3.05) is 0 Å². The average Bonchev–Trinajstić information content (AvgIpc) is 2.57. The van der Waals surface area contributed by atoms with Crippen LogP contribution >= 0.6 is 23.4 Å². The van der Waals surface area contributed by atoms with Gasteiger partial charge in [0, 0.05) is 21.0 Å². The van der Waals surface area contributed by atoms with Crippen molar-refractivity contribution in [3.63, 3.8) is 0 Å². The van der Waals surface area contributed by atoms with Crippen molar-refractivity contribution in [3.8, 4) is 17.2 Å². The first-order chi connectivity index (χ1) is 11.6. The third kappa shape index (κ3) is 3.38. The van der Waals surface area contributed by atoms with Gasteiger partial charge in [-0.05, 0) is 42.8 Å². The molecule has 0 bridgehead atoms. The zero-order valence-corrected chi connectivity index (χ0v) is 14.4. The van der Waals surface area contributed by atoms with Crippen LogP contribution < -0.4 is 5.56 Å². The monoisotopic (exact) mass is 352 g/mol. The van der Waals surface area contributed by atoms with Crippen molar-refractivity contribution in [1.82, 2.24) is 4.98 Å². The third-order valence-corrected chi connectivity index (χ3v) is 5.03. The number of hydrogen-bond acceptors (Lipinski definition) is 3. The lowest BCUT2D eigenvalue weighted by Crippen LogP contribution is -2.12. The van der Waals surface area contributed by atoms with E-state index in [0.29, 0.717) is 10.6 Å². The Hall–Kier alpha value is -2.48. The molecule has 0 radical (unpaired) electrons. The fourth-order valence-electron chi connectivity index (χ4n) is 2.38. The SMILES string of the molecule is Cc1cc(-c2ccc(Sc3ccccc3Cl)cc2)c(C#N)c(=O)[nH]1. The molecule has 1 heterocycles. The van der Waals surface area contributed by atoms with Crippen LogP contribution in [0.3, 0.4) is 0 Å². The van der Waals surface area contributed by atoms with Gasteiger partial charge in [-0.2, -0.15) is 5.26 Å². The summed E-state index contributed by atoms with van der Waals surface area (Å²) in [4.78, 5) is 16.6. The number of aryl methyl sites for hydroxylation is 1. The highest BCUT2D eigenvalue weighted by Gasteiger charge is 2.10. The zero-order valence-electron chi connectivity index (χ0n) is 12.8. The number of nitriles is 1. The van der Waals surface area contributed by atoms with Crippen LogP contribution in [0.1, 0.15) is 11.3 Å². The van der Waals surface area contributed by atoms with Crippen molar-refractivity contribution in [2.24, 2.45) is 0 Å². The number of hydrogen-bond donors (Lipinski definition) is 1. The number of pyridine rings is 1. The van der Waals surface area contributed by atoms with E-state index >= 15 is 0 Å². The first kappa shape index (κ1) is 16.4. The number of nitrogens with zero attached hydrogens (tertiary/aromatic N) is 1. The largest absolute Gasteiger partial charge is 0.325 e. The summed E-state index contributed by atoms with van der Waals surface area (Å²) in [6.07, 6.45) is 0. The fourth-order valence-corrected chi connectivity index (χ4v) is 3.47. The lowest BCUT2D eigenvalue weighted by Gasteiger charge is -2.07. The van der Waals surface area contributed by atoms with E-state index in [-0.39, 0.29) is 11.1 Å². The molecule has 118 valence electrons. The first-order valence-corrected chi connectivity index (χ1v) is 8.45. The van der Waals surface area contributed by atoms with Gasteiger partial charge in [0.15, 0.2) is 0 Å². The molecule has 0 saturated carbocycles. The van der Waals surface area contributed by atoms with Crippen LogP contribution in [-0.4, -0.2) is 4.98 Å². The number of aromatic nitrogens is 1. The predicted molar refractivity (Wildman–Crippen MR) is 97.5 cm³/mol. The van der Waals surface area contributed by atoms with Crippen LogP contribution in [0.5, 0.6) is 0 Å². The van der Waals surface area contributed by atoms with Crippen LogP contribution in [0, 0.1) is 18.3 Å². The molecule has 0 saturated heterocycles. The fraction of sp³-hybridized carbons (Fsp3) is 0.0526. The maximum Gasteiger partial charge on any atom is 0.266 e. The second-order valence-corrected chi connectivity index (χ2v) is 6.76. The summed E-state index contributed by atoms with van der Waals surface area (Å²) >= 11 is 7.75. The lowest BCUT2D eigenvalue weighted by atomic mass is 10.0. The summed E-state index contributed by atoms with van der Waals surface area (Å²) < 4.78 is 0. The Morgan fingerprint density at radius 1 is 1.12 bits per heavy atom. The van der Waals surface area contributed by atoms with Crippen LogP contribution in [-0.2, 0) is 0 Å². The molecule has 0 atom stereocenters. The minimum atomic E-state index is -0.359. The molecule has 5 heteroatoms. The summed E-state index contributed by atoms with van der Waals surface area (Å²) in [5.41, 5.74) is 1.98. The Labute approximate surface area is 148 Å². The molecule has 2 aromatic carbocycles. The number of aromatic amines is 1. The molecule has 3 aromatic rings. The van der Waals surface area contributed by atoms with E-state index in [2.05, 4.69) is 4.98 Å². The van der Waals surface area contributed by atoms with E-state index < -0.39 is 0 Å². The minimum Gasteiger partial charge on any atom is -0.325 e. The quantitative estimate of drug-likeness (QED) is 0.719. The van der Waals surface area contributed by atoms with Gasteiger partial charge in [0.2, 0.25) is 0 Å². The Bertz CT molecular complexity index is 987. The summed E-state index contributed by atoms with van der Waals surface area (Å²) in [6.45, 7) is 1.80. The van der Waals surface area contributed by atoms with Crippen molar-refractivity contribution in [1.29, 1.82) is 5.26 Å². The molecule has 1 N–H and O–H groups in total. The van der Waals surface area contributed by atoms with Crippen molar-refractivity contribution < 1.29 is 0 Å². The van der Waals surface area contributed by atoms with Crippen LogP contribution in [0.25, 0.3) is 11.1 Å². The second-order valence-electron chi connectivity index (χ2n) is 5.24. The van der Waals surface area contributed by atoms with Gasteiger partial charge in [-0.15, -0.1) is 0 Å². The molecular formula is C19H13ClN2OS. The maximum atomic E-state index is 11.9. The smallest absolute Gasteiger partial charge is 0.266 e. The Morgan fingerprint density at radius 3 is 2.50 bits per heavy atom. The number of nitrogens with one attached hydrogen (secondary N) is 1. The van der Waals surface area contributed by atoms with E-state index in [9.17, 15) is 10.1 Å². The topological polar surface area (TPSA) is 56.6 Å². The van der Waals surface area contributed by atoms with Crippen LogP contribution in [0.2, 0.25) is 5.02 Å². The van der Waals surface area contributed by atoms with Crippen molar-refractivity contribution in [2.45, 2.75) is 16.7 Å². The molecule has 0 fully saturated rings. The summed E-state index contributed by atoms with van der Waals surface area (Å²) in [5.74, 6) is 0. The van der Waals surface area contributed by atoms with Gasteiger partial charge in [-0.3, -0.25) is 4.79 Å². The average molecular weight is 353 g/mol. The molecule has 24 heavy (non-hydrogen) atoms. The van der Waals surface area contributed by atoms with Crippen LogP contribution in [0.15, 0.2) is 69.2 Å². The Morgan fingerprint density at radius 2 is 1.83 bits per heavy atom. The zero-order chi connectivity index (χ0) is 17.1. The highest BCUT2D eigenvalue weighted by molar-refractivity contribution is 7.99. The number of rotatable bonds is 3. The highest BCUT2D eigenvalue weighted by Crippen LogP contribution is 2.34. The summed E-state index contributed by atoms with van der Waals surface area (Å²) in [6, 6.07) is 19.2. The maximum absolute atomic E-state index is 11.9. The number of halogens is 1. The van der Waals surface area contributed by atoms with Gasteiger partial charge in [-0.25, -0.2) is 0 Å². The molecular weight excluding hydrogens is 340 g/mol. The predicted octanol–water partition coefficient (Wildman–Crippen LogP) is 5.03. The molecule has 0 amide bonds. The number of benzene rings is 2. The van der Waals surface area contributed by atoms with E-state index in [1.165, 1.54) is 0 Å². The van der Waals surface area contributed by atoms with E-state index in [1.54, 1.807) is 18.7 Å². The van der Waals surface area contributed by atoms with Gasteiger partial charge < -0.3 is 4.98 Å². The van der Waals surface area contributed by atoms with Gasteiger partial charge in [0.25, 0.3) is 5.56 Å². The summed E-state index contributed by atoms with van der Waals surface area (Å²) in [7, 11) is 0. The van der Waals surface area contributed by atoms with Gasteiger partial charge >= 0.3 is 0 Å². The molecule has 0 spiro atoms. The molecule has 1 aromatic heterocycles. The van der Waals surface area contributed by atoms with Crippen molar-refractivity contribution >= 4 is 23.4 Å². The molecule has 0 unspecified atom stereocenters. The Balaban J connectivity index is 1.95. The van der Waals surface area contributed by atoms with Gasteiger partial charge in [0.1, 0.15) is 11.6 Å². The standard InChI is InChI=1S/C19H13ClN2OS/c1-12-10-15(16(11-21)19(23)22-12)13-6-8-14(9-7-13)24-18-5-3-2-4-17(18)20/h2-10H,1H3,(H,22,23). The summed E-state index contributed by atoms with van der Waals surface area (Å²) in [5, 5.41) is 9.95. The molecule has 0 aliphatic carbocycles. The van der Waals surface area contributed by atoms with Gasteiger partial charge in [-0.1, -0.05) is 47.6 Å². The Kier molecular flexibility index (Phi) is 4.75. The molecule has 0 aliphatic heterocycles. The number of H-pyrrole nitrogens is 1. The highest BCUT2D eigenvalue weighted by atomic mass is 35.5. The van der Waals surface area contributed by atoms with E-state index in [4.69, 9.17) is 11.6 Å². The van der Waals surface area contributed by atoms with E-state index in [0.717, 1.165) is 21.0 Å². The molecule has 0 aliphatic rings. The molecule has 3 rings (SSSR count). The van der Waals surface area contributed by atoms with Crippen molar-refractivity contribution in [3.05, 3.63) is 81.2 Å². The second kappa shape index (κ2) is 6.96. The minimum absolute atomic E-state index is 0.132. The normalized spacial score (nSPS) is 10.4. The van der Waals surface area contributed by atoms with Crippen LogP contribution in [0.4, 0.5) is 0 Å². The first-order valence-electron chi connectivity index (χ1n) is 7.25. The lowest BCUT2D eigenvalue weighted by molar-refractivity contribution is 1.13. The third-order valence-electron chi connectivity index (χ3n) is 3.51. The van der Waals surface area contributed by atoms with Gasteiger partial charge in [0.05, 0.1) is 5.02 Å².